The van der Waals surface area contributed by atoms with Crippen LogP contribution < -0.4 is 5.32 Å². The van der Waals surface area contributed by atoms with Gasteiger partial charge < -0.3 is 10.2 Å². The second-order valence-corrected chi connectivity index (χ2v) is 7.84. The highest BCUT2D eigenvalue weighted by atomic mass is 16.2. The van der Waals surface area contributed by atoms with Crippen LogP contribution in [0, 0.1) is 19.8 Å². The highest BCUT2D eigenvalue weighted by Gasteiger charge is 2.25. The molecule has 0 bridgehead atoms. The van der Waals surface area contributed by atoms with E-state index in [-0.39, 0.29) is 5.91 Å². The molecular weight excluding hydrogens is 348 g/mol. The standard InChI is InChI=1S/C23H26N4O/c1-15-9-11-27(12-10-15)23(28)20-14-24-22-19(8-7-17(3)25-22)21(20)26-18-6-4-5-16(2)13-18/h4-8,13-15H,9-12H2,1-3H3,(H,24,25,26). The summed E-state index contributed by atoms with van der Waals surface area (Å²) < 4.78 is 0. The third-order valence-electron chi connectivity index (χ3n) is 5.46. The van der Waals surface area contributed by atoms with Crippen LogP contribution >= 0.6 is 0 Å². The Balaban J connectivity index is 1.78. The smallest absolute Gasteiger partial charge is 0.257 e. The number of nitrogens with zero attached hydrogens (tertiary/aromatic N) is 3. The predicted molar refractivity (Wildman–Crippen MR) is 113 cm³/mol. The van der Waals surface area contributed by atoms with E-state index in [1.54, 1.807) is 6.20 Å². The van der Waals surface area contributed by atoms with Crippen molar-refractivity contribution in [2.75, 3.05) is 18.4 Å². The summed E-state index contributed by atoms with van der Waals surface area (Å²) >= 11 is 0. The lowest BCUT2D eigenvalue weighted by atomic mass is 9.98. The summed E-state index contributed by atoms with van der Waals surface area (Å²) in [4.78, 5) is 24.3. The number of fused-ring (bicyclic) bond motifs is 1. The number of carbonyl (C=O) groups is 1. The zero-order valence-electron chi connectivity index (χ0n) is 16.7. The minimum atomic E-state index is 0.0389. The molecule has 1 aliphatic heterocycles. The zero-order valence-corrected chi connectivity index (χ0v) is 16.7. The van der Waals surface area contributed by atoms with Crippen molar-refractivity contribution >= 4 is 28.3 Å². The van der Waals surface area contributed by atoms with E-state index < -0.39 is 0 Å². The molecule has 3 aromatic rings. The lowest BCUT2D eigenvalue weighted by Gasteiger charge is -2.31. The number of piperidine rings is 1. The number of aryl methyl sites for hydroxylation is 2. The SMILES string of the molecule is Cc1cccc(Nc2c(C(=O)N3CCC(C)CC3)cnc3nc(C)ccc23)c1. The molecule has 1 fully saturated rings. The van der Waals surface area contributed by atoms with Gasteiger partial charge in [0.2, 0.25) is 0 Å². The maximum Gasteiger partial charge on any atom is 0.257 e. The van der Waals surface area contributed by atoms with Gasteiger partial charge in [0, 0.05) is 36.1 Å². The number of nitrogens with one attached hydrogen (secondary N) is 1. The molecule has 0 aliphatic carbocycles. The number of likely N-dealkylation sites (tertiary alicyclic amines) is 1. The Labute approximate surface area is 165 Å². The van der Waals surface area contributed by atoms with Crippen LogP contribution in [0.15, 0.2) is 42.6 Å². The van der Waals surface area contributed by atoms with Crippen LogP contribution in [0.5, 0.6) is 0 Å². The number of amides is 1. The molecule has 5 nitrogen and oxygen atoms in total. The average Bonchev–Trinajstić information content (AvgIpc) is 2.68. The number of carbonyl (C=O) groups excluding carboxylic acids is 1. The molecule has 0 spiro atoms. The van der Waals surface area contributed by atoms with E-state index in [9.17, 15) is 4.79 Å². The fourth-order valence-electron chi connectivity index (χ4n) is 3.72. The lowest BCUT2D eigenvalue weighted by Crippen LogP contribution is -2.38. The van der Waals surface area contributed by atoms with Crippen LogP contribution in [-0.4, -0.2) is 33.9 Å². The van der Waals surface area contributed by atoms with Crippen LogP contribution in [0.3, 0.4) is 0 Å². The van der Waals surface area contributed by atoms with Crippen molar-refractivity contribution in [1.82, 2.24) is 14.9 Å². The molecule has 0 atom stereocenters. The van der Waals surface area contributed by atoms with Gasteiger partial charge in [0.15, 0.2) is 5.65 Å². The van der Waals surface area contributed by atoms with Gasteiger partial charge in [-0.2, -0.15) is 0 Å². The van der Waals surface area contributed by atoms with Gasteiger partial charge in [-0.25, -0.2) is 9.97 Å². The molecule has 1 aliphatic rings. The number of hydrogen-bond acceptors (Lipinski definition) is 4. The fraction of sp³-hybridized carbons (Fsp3) is 0.348. The van der Waals surface area contributed by atoms with Crippen molar-refractivity contribution in [3.63, 3.8) is 0 Å². The Morgan fingerprint density at radius 1 is 1.14 bits per heavy atom. The molecule has 144 valence electrons. The maximum atomic E-state index is 13.3. The molecule has 1 saturated heterocycles. The molecule has 1 N–H and O–H groups in total. The van der Waals surface area contributed by atoms with E-state index in [2.05, 4.69) is 41.3 Å². The second-order valence-electron chi connectivity index (χ2n) is 7.84. The number of hydrogen-bond donors (Lipinski definition) is 1. The summed E-state index contributed by atoms with van der Waals surface area (Å²) in [5, 5.41) is 4.34. The van der Waals surface area contributed by atoms with Crippen molar-refractivity contribution in [2.45, 2.75) is 33.6 Å². The van der Waals surface area contributed by atoms with Crippen LogP contribution in [0.1, 0.15) is 41.4 Å². The molecule has 1 aromatic carbocycles. The number of aromatic nitrogens is 2. The van der Waals surface area contributed by atoms with E-state index in [0.29, 0.717) is 17.1 Å². The van der Waals surface area contributed by atoms with E-state index >= 15 is 0 Å². The predicted octanol–water partition coefficient (Wildman–Crippen LogP) is 4.86. The largest absolute Gasteiger partial charge is 0.354 e. The van der Waals surface area contributed by atoms with Crippen LogP contribution in [-0.2, 0) is 0 Å². The Kier molecular flexibility index (Phi) is 4.99. The number of anilines is 2. The van der Waals surface area contributed by atoms with Gasteiger partial charge in [0.05, 0.1) is 11.3 Å². The quantitative estimate of drug-likeness (QED) is 0.711. The first-order valence-electron chi connectivity index (χ1n) is 9.90. The number of rotatable bonds is 3. The summed E-state index contributed by atoms with van der Waals surface area (Å²) in [6.07, 6.45) is 3.77. The summed E-state index contributed by atoms with van der Waals surface area (Å²) in [6, 6.07) is 12.1. The van der Waals surface area contributed by atoms with Gasteiger partial charge in [-0.3, -0.25) is 4.79 Å². The normalized spacial score (nSPS) is 15.0. The molecule has 1 amide bonds. The minimum Gasteiger partial charge on any atom is -0.354 e. The zero-order chi connectivity index (χ0) is 19.7. The number of pyridine rings is 2. The van der Waals surface area contributed by atoms with Crippen LogP contribution in [0.25, 0.3) is 11.0 Å². The molecule has 0 saturated carbocycles. The molecule has 5 heteroatoms. The molecular formula is C23H26N4O. The first-order chi connectivity index (χ1) is 13.5. The van der Waals surface area contributed by atoms with Gasteiger partial charge in [0.25, 0.3) is 5.91 Å². The van der Waals surface area contributed by atoms with Gasteiger partial charge >= 0.3 is 0 Å². The van der Waals surface area contributed by atoms with E-state index in [1.807, 2.05) is 36.1 Å². The highest BCUT2D eigenvalue weighted by Crippen LogP contribution is 2.30. The summed E-state index contributed by atoms with van der Waals surface area (Å²) in [6.45, 7) is 7.85. The highest BCUT2D eigenvalue weighted by molar-refractivity contribution is 6.07. The molecule has 0 radical (unpaired) electrons. The fourth-order valence-corrected chi connectivity index (χ4v) is 3.72. The summed E-state index contributed by atoms with van der Waals surface area (Å²) in [5.41, 5.74) is 5.06. The van der Waals surface area contributed by atoms with Gasteiger partial charge in [-0.15, -0.1) is 0 Å². The monoisotopic (exact) mass is 374 g/mol. The molecule has 0 unspecified atom stereocenters. The van der Waals surface area contributed by atoms with E-state index in [1.165, 1.54) is 0 Å². The Hall–Kier alpha value is -2.95. The first-order valence-corrected chi connectivity index (χ1v) is 9.90. The third kappa shape index (κ3) is 3.70. The topological polar surface area (TPSA) is 58.1 Å². The van der Waals surface area contributed by atoms with Crippen molar-refractivity contribution in [2.24, 2.45) is 5.92 Å². The lowest BCUT2D eigenvalue weighted by molar-refractivity contribution is 0.0698. The van der Waals surface area contributed by atoms with Crippen molar-refractivity contribution in [1.29, 1.82) is 0 Å². The van der Waals surface area contributed by atoms with Crippen molar-refractivity contribution in [3.05, 3.63) is 59.4 Å². The molecule has 28 heavy (non-hydrogen) atoms. The van der Waals surface area contributed by atoms with Gasteiger partial charge in [-0.05, 0) is 62.4 Å². The molecule has 2 aromatic heterocycles. The second kappa shape index (κ2) is 7.58. The van der Waals surface area contributed by atoms with Crippen LogP contribution in [0.2, 0.25) is 0 Å². The van der Waals surface area contributed by atoms with Crippen molar-refractivity contribution < 1.29 is 4.79 Å². The Morgan fingerprint density at radius 3 is 2.68 bits per heavy atom. The first kappa shape index (κ1) is 18.4. The average molecular weight is 374 g/mol. The van der Waals surface area contributed by atoms with Crippen LogP contribution in [0.4, 0.5) is 11.4 Å². The third-order valence-corrected chi connectivity index (χ3v) is 5.46. The van der Waals surface area contributed by atoms with E-state index in [0.717, 1.165) is 53.9 Å². The van der Waals surface area contributed by atoms with Crippen molar-refractivity contribution in [3.8, 4) is 0 Å². The summed E-state index contributed by atoms with van der Waals surface area (Å²) in [5.74, 6) is 0.716. The van der Waals surface area contributed by atoms with Gasteiger partial charge in [0.1, 0.15) is 0 Å². The van der Waals surface area contributed by atoms with E-state index in [4.69, 9.17) is 0 Å². The Bertz CT molecular complexity index is 1020. The minimum absolute atomic E-state index is 0.0389. The summed E-state index contributed by atoms with van der Waals surface area (Å²) in [7, 11) is 0. The number of benzene rings is 1. The maximum absolute atomic E-state index is 13.3. The molecule has 4 rings (SSSR count). The Morgan fingerprint density at radius 2 is 1.93 bits per heavy atom. The van der Waals surface area contributed by atoms with Gasteiger partial charge in [-0.1, -0.05) is 19.1 Å². The molecule has 3 heterocycles.